The fraction of sp³-hybridized carbons (Fsp3) is 0.483. The number of nitrogens with one attached hydrogen (secondary N) is 2. The number of aliphatic hydroxyl groups excluding tert-OH is 1. The number of likely N-dealkylation sites (tertiary alicyclic amines) is 1. The van der Waals surface area contributed by atoms with Gasteiger partial charge in [0.05, 0.1) is 67.8 Å². The van der Waals surface area contributed by atoms with Crippen molar-refractivity contribution in [3.8, 4) is 11.5 Å². The van der Waals surface area contributed by atoms with Crippen LogP contribution >= 0.6 is 0 Å². The van der Waals surface area contributed by atoms with Crippen LogP contribution in [0.1, 0.15) is 135 Å². The number of hydrogen-bond acceptors (Lipinski definition) is 12. The lowest BCUT2D eigenvalue weighted by molar-refractivity contribution is -0.120. The van der Waals surface area contributed by atoms with Gasteiger partial charge < -0.3 is 33.8 Å². The largest absolute Gasteiger partial charge is 0.496 e. The van der Waals surface area contributed by atoms with Crippen molar-refractivity contribution >= 4 is 67.9 Å². The predicted molar refractivity (Wildman–Crippen MR) is 302 cm³/mol. The molecule has 21 heteroatoms. The summed E-state index contributed by atoms with van der Waals surface area (Å²) < 4.78 is 55.2. The van der Waals surface area contributed by atoms with Crippen LogP contribution in [0.25, 0.3) is 32.7 Å². The molecule has 0 unspecified atom stereocenters. The Labute approximate surface area is 467 Å². The number of esters is 1. The van der Waals surface area contributed by atoms with Gasteiger partial charge in [0, 0.05) is 104 Å². The number of piperidine rings is 1. The van der Waals surface area contributed by atoms with Gasteiger partial charge in [0.25, 0.3) is 17.4 Å². The summed E-state index contributed by atoms with van der Waals surface area (Å²) in [6.07, 6.45) is 18.4. The van der Waals surface area contributed by atoms with Gasteiger partial charge in [-0.2, -0.15) is 10.2 Å². The number of imide groups is 1. The number of alkyl halides is 2. The summed E-state index contributed by atoms with van der Waals surface area (Å²) in [6.45, 7) is 1.47. The molecule has 428 valence electrons. The highest BCUT2D eigenvalue weighted by Gasteiger charge is 2.44. The normalized spacial score (nSPS) is 21.2. The van der Waals surface area contributed by atoms with Crippen molar-refractivity contribution in [2.24, 2.45) is 11.8 Å². The maximum absolute atomic E-state index is 15.9. The summed E-state index contributed by atoms with van der Waals surface area (Å²) in [5.74, 6) is -3.26. The number of anilines is 2. The predicted octanol–water partition coefficient (Wildman–Crippen LogP) is 9.84. The Kier molecular flexibility index (Phi) is 16.0. The zero-order chi connectivity index (χ0) is 56.5. The van der Waals surface area contributed by atoms with Crippen molar-refractivity contribution in [1.82, 2.24) is 38.9 Å². The molecule has 0 bridgehead atoms. The second kappa shape index (κ2) is 23.4. The third-order valence-electron chi connectivity index (χ3n) is 17.4. The average molecular weight is 1110 g/mol. The van der Waals surface area contributed by atoms with Gasteiger partial charge in [-0.05, 0) is 132 Å². The second-order valence-corrected chi connectivity index (χ2v) is 22.4. The van der Waals surface area contributed by atoms with Gasteiger partial charge in [-0.1, -0.05) is 6.07 Å². The first-order valence-electron chi connectivity index (χ1n) is 28.4. The zero-order valence-corrected chi connectivity index (χ0v) is 46.0. The molecule has 19 nitrogen and oxygen atoms in total. The Hall–Kier alpha value is -7.65. The SMILES string of the molecule is COC(=O)c1cc2cn(C3CCC(CCO)CC3)nc2cc1OC.COc1cc2nn(C3CCC(C(F)(F)CN4CCC(n5ccc6c(N7CCC(=O)NC7=O)cccc65)CC4)CC3)cc2cc1C(=O)Nc1cccn(C2CC2)c1=O. The number of urea groups is 1. The topological polar surface area (TPSA) is 209 Å². The van der Waals surface area contributed by atoms with Crippen LogP contribution in [0.5, 0.6) is 11.5 Å². The molecule has 0 radical (unpaired) electrons. The lowest BCUT2D eigenvalue weighted by atomic mass is 9.81. The van der Waals surface area contributed by atoms with E-state index in [0.717, 1.165) is 90.7 Å². The number of pyridine rings is 1. The molecule has 0 atom stereocenters. The van der Waals surface area contributed by atoms with Crippen molar-refractivity contribution in [1.29, 1.82) is 0 Å². The fourth-order valence-electron chi connectivity index (χ4n) is 12.7. The summed E-state index contributed by atoms with van der Waals surface area (Å²) >= 11 is 0. The molecule has 5 fully saturated rings. The molecule has 4 aromatic heterocycles. The highest BCUT2D eigenvalue weighted by atomic mass is 19.3. The molecule has 3 saturated carbocycles. The van der Waals surface area contributed by atoms with E-state index in [4.69, 9.17) is 24.4 Å². The number of carbonyl (C=O) groups excluding carboxylic acids is 4. The maximum atomic E-state index is 15.9. The molecule has 3 N–H and O–H groups in total. The molecule has 2 saturated heterocycles. The van der Waals surface area contributed by atoms with Crippen LogP contribution in [-0.2, 0) is 9.53 Å². The summed E-state index contributed by atoms with van der Waals surface area (Å²) in [5, 5.41) is 26.2. The lowest BCUT2D eigenvalue weighted by Gasteiger charge is -2.39. The summed E-state index contributed by atoms with van der Waals surface area (Å²) in [4.78, 5) is 66.0. The van der Waals surface area contributed by atoms with E-state index in [9.17, 15) is 24.0 Å². The first kappa shape index (κ1) is 55.3. The second-order valence-electron chi connectivity index (χ2n) is 22.4. The van der Waals surface area contributed by atoms with E-state index in [1.165, 1.54) is 21.3 Å². The van der Waals surface area contributed by atoms with Gasteiger partial charge in [0.1, 0.15) is 22.7 Å². The maximum Gasteiger partial charge on any atom is 0.341 e. The van der Waals surface area contributed by atoms with E-state index >= 15 is 8.78 Å². The first-order valence-corrected chi connectivity index (χ1v) is 28.4. The Morgan fingerprint density at radius 2 is 1.33 bits per heavy atom. The first-order chi connectivity index (χ1) is 39.2. The number of ether oxygens (including phenoxy) is 3. The molecule has 4 amide bonds. The third-order valence-corrected chi connectivity index (χ3v) is 17.4. The van der Waals surface area contributed by atoms with Crippen LogP contribution in [0.15, 0.2) is 90.2 Å². The molecular weight excluding hydrogens is 1040 g/mol. The van der Waals surface area contributed by atoms with Crippen molar-refractivity contribution in [3.63, 3.8) is 0 Å². The highest BCUT2D eigenvalue weighted by Crippen LogP contribution is 2.43. The van der Waals surface area contributed by atoms with Gasteiger partial charge in [-0.3, -0.25) is 38.9 Å². The van der Waals surface area contributed by atoms with E-state index < -0.39 is 29.7 Å². The number of aliphatic hydroxyl groups is 1. The number of methoxy groups -OCH3 is 3. The van der Waals surface area contributed by atoms with Crippen molar-refractivity contribution in [3.05, 3.63) is 107 Å². The molecule has 0 spiro atoms. The minimum Gasteiger partial charge on any atom is -0.496 e. The zero-order valence-electron chi connectivity index (χ0n) is 46.0. The average Bonchev–Trinajstić information content (AvgIpc) is 3.87. The molecule has 2 aliphatic heterocycles. The van der Waals surface area contributed by atoms with E-state index in [1.807, 2.05) is 57.1 Å². The summed E-state index contributed by atoms with van der Waals surface area (Å²) in [6, 6.07) is 18.4. The van der Waals surface area contributed by atoms with Gasteiger partial charge in [-0.15, -0.1) is 0 Å². The minimum atomic E-state index is -2.83. The summed E-state index contributed by atoms with van der Waals surface area (Å²) in [7, 11) is 4.37. The smallest absolute Gasteiger partial charge is 0.341 e. The van der Waals surface area contributed by atoms with Crippen LogP contribution in [0.3, 0.4) is 0 Å². The quantitative estimate of drug-likeness (QED) is 0.0820. The molecule has 3 aromatic carbocycles. The number of halogens is 2. The van der Waals surface area contributed by atoms with Crippen molar-refractivity contribution in [2.75, 3.05) is 64.3 Å². The van der Waals surface area contributed by atoms with Crippen LogP contribution in [0, 0.1) is 11.8 Å². The number of hydrogen-bond donors (Lipinski definition) is 3. The molecule has 81 heavy (non-hydrogen) atoms. The highest BCUT2D eigenvalue weighted by molar-refractivity contribution is 6.10. The van der Waals surface area contributed by atoms with E-state index in [-0.39, 0.29) is 60.4 Å². The van der Waals surface area contributed by atoms with Crippen LogP contribution < -0.4 is 30.6 Å². The number of aromatic nitrogens is 6. The van der Waals surface area contributed by atoms with Crippen LogP contribution in [0.4, 0.5) is 25.0 Å². The van der Waals surface area contributed by atoms with Gasteiger partial charge in [-0.25, -0.2) is 18.4 Å². The number of amides is 4. The summed E-state index contributed by atoms with van der Waals surface area (Å²) in [5.41, 5.74) is 3.85. The molecule has 12 rings (SSSR count). The Bertz CT molecular complexity index is 3530. The standard InChI is InChI=1S/C42H46F2N8O5.C18H24N2O4/c1-57-37-23-34-26(22-32(37)39(54)45-33-4-3-17-50(40(33)55)28-11-12-28)24-52(47-34)30-9-7-27(8-10-30)42(43,44)25-48-18-13-29(14-19-48)49-20-15-31-35(49)5-2-6-36(31)51-21-16-38(53)46-41(51)56;1-23-17-10-16-13(9-15(17)18(22)24-2)11-20(19-16)14-5-3-12(4-6-14)7-8-21/h2-6,15,17,20,22-24,27-30H,7-14,16,18-19,21,25H2,1H3,(H,45,54)(H,46,53,56);9-12,14,21H,3-8H2,1-2H3. The Morgan fingerprint density at radius 3 is 1.95 bits per heavy atom. The molecule has 6 heterocycles. The number of rotatable bonds is 15. The van der Waals surface area contributed by atoms with Crippen molar-refractivity contribution in [2.45, 2.75) is 120 Å². The third kappa shape index (κ3) is 11.6. The van der Waals surface area contributed by atoms with Gasteiger partial charge in [0.15, 0.2) is 0 Å². The lowest BCUT2D eigenvalue weighted by Crippen LogP contribution is -2.49. The molecule has 3 aliphatic carbocycles. The number of nitrogens with zero attached hydrogens (tertiary/aromatic N) is 8. The van der Waals surface area contributed by atoms with E-state index in [1.54, 1.807) is 52.1 Å². The Balaban J connectivity index is 0.000000240. The number of benzene rings is 3. The van der Waals surface area contributed by atoms with Crippen LogP contribution in [0.2, 0.25) is 0 Å². The Morgan fingerprint density at radius 1 is 0.716 bits per heavy atom. The minimum absolute atomic E-state index is 0.0441. The molecule has 7 aromatic rings. The van der Waals surface area contributed by atoms with E-state index in [0.29, 0.717) is 79.9 Å². The molecular formula is C60H70F2N10O9. The van der Waals surface area contributed by atoms with Gasteiger partial charge in [0.2, 0.25) is 5.91 Å². The van der Waals surface area contributed by atoms with Crippen LogP contribution in [-0.4, -0.2) is 123 Å². The van der Waals surface area contributed by atoms with Crippen molar-refractivity contribution < 1.29 is 47.3 Å². The monoisotopic (exact) mass is 1110 g/mol. The van der Waals surface area contributed by atoms with Gasteiger partial charge >= 0.3 is 12.0 Å². The number of carbonyl (C=O) groups is 4. The molecule has 5 aliphatic rings. The fourth-order valence-corrected chi connectivity index (χ4v) is 12.7. The number of fused-ring (bicyclic) bond motifs is 3. The van der Waals surface area contributed by atoms with E-state index in [2.05, 4.69) is 20.3 Å².